The molecule has 0 spiro atoms. The number of thiazole rings is 1. The van der Waals surface area contributed by atoms with Crippen molar-refractivity contribution in [2.45, 2.75) is 0 Å². The van der Waals surface area contributed by atoms with Gasteiger partial charge in [0, 0.05) is 5.56 Å². The Hall–Kier alpha value is -2.45. The molecule has 2 heteroatoms. The van der Waals surface area contributed by atoms with E-state index in [9.17, 15) is 0 Å². The summed E-state index contributed by atoms with van der Waals surface area (Å²) in [7, 11) is 0. The van der Waals surface area contributed by atoms with Gasteiger partial charge in [0.2, 0.25) is 0 Å². The van der Waals surface area contributed by atoms with Crippen molar-refractivity contribution < 1.29 is 0 Å². The zero-order valence-electron chi connectivity index (χ0n) is 11.3. The Balaban J connectivity index is 1.97. The molecule has 4 aromatic rings. The average molecular weight is 286 g/mol. The Morgan fingerprint density at radius 3 is 2.43 bits per heavy atom. The molecule has 0 saturated heterocycles. The van der Waals surface area contributed by atoms with Crippen molar-refractivity contribution in [3.8, 4) is 21.7 Å². The first-order chi connectivity index (χ1) is 10.4. The van der Waals surface area contributed by atoms with Crippen LogP contribution >= 0.6 is 11.3 Å². The van der Waals surface area contributed by atoms with Crippen LogP contribution in [0.15, 0.2) is 72.8 Å². The molecule has 1 nitrogen and oxygen atoms in total. The first-order valence-corrected chi connectivity index (χ1v) is 7.65. The van der Waals surface area contributed by atoms with E-state index in [0.29, 0.717) is 0 Å². The molecule has 1 aromatic heterocycles. The highest BCUT2D eigenvalue weighted by Gasteiger charge is 2.13. The summed E-state index contributed by atoms with van der Waals surface area (Å²) in [6, 6.07) is 25.2. The van der Waals surface area contributed by atoms with Gasteiger partial charge in [0.25, 0.3) is 0 Å². The van der Waals surface area contributed by atoms with Gasteiger partial charge in [-0.25, -0.2) is 4.98 Å². The number of benzene rings is 3. The summed E-state index contributed by atoms with van der Waals surface area (Å²) < 4.78 is 0. The Kier molecular flexibility index (Phi) is 3.02. The largest absolute Gasteiger partial charge is 0.233 e. The molecular weight excluding hydrogens is 274 g/mol. The molecule has 0 atom stereocenters. The average Bonchev–Trinajstić information content (AvgIpc) is 3.04. The van der Waals surface area contributed by atoms with E-state index in [2.05, 4.69) is 77.2 Å². The molecule has 3 aromatic carbocycles. The number of fused-ring (bicyclic) bond motifs is 1. The highest BCUT2D eigenvalue weighted by molar-refractivity contribution is 7.13. The smallest absolute Gasteiger partial charge is 0.153 e. The molecule has 0 aliphatic carbocycles. The summed E-state index contributed by atoms with van der Waals surface area (Å²) in [6.45, 7) is 0. The molecule has 1 heterocycles. The maximum atomic E-state index is 4.51. The molecule has 0 aliphatic rings. The van der Waals surface area contributed by atoms with E-state index in [4.69, 9.17) is 0 Å². The van der Waals surface area contributed by atoms with Crippen LogP contribution in [0.3, 0.4) is 0 Å². The molecular formula is C19H12NS. The van der Waals surface area contributed by atoms with Crippen LogP contribution in [0.1, 0.15) is 0 Å². The van der Waals surface area contributed by atoms with Gasteiger partial charge in [-0.3, -0.25) is 0 Å². The van der Waals surface area contributed by atoms with E-state index in [0.717, 1.165) is 5.69 Å². The van der Waals surface area contributed by atoms with Crippen LogP contribution in [0.5, 0.6) is 0 Å². The Morgan fingerprint density at radius 2 is 1.52 bits per heavy atom. The molecule has 0 saturated carbocycles. The first kappa shape index (κ1) is 12.3. The predicted octanol–water partition coefficient (Wildman–Crippen LogP) is 5.43. The third-order valence-corrected chi connectivity index (χ3v) is 4.42. The fraction of sp³-hybridized carbons (Fsp3) is 0. The molecule has 0 amide bonds. The Bertz CT molecular complexity index is 888. The maximum absolute atomic E-state index is 4.51. The number of rotatable bonds is 2. The van der Waals surface area contributed by atoms with Crippen molar-refractivity contribution in [2.75, 3.05) is 0 Å². The van der Waals surface area contributed by atoms with E-state index in [1.807, 2.05) is 6.07 Å². The highest BCUT2D eigenvalue weighted by Crippen LogP contribution is 2.37. The van der Waals surface area contributed by atoms with Gasteiger partial charge in [-0.2, -0.15) is 0 Å². The van der Waals surface area contributed by atoms with Crippen molar-refractivity contribution in [3.63, 3.8) is 0 Å². The van der Waals surface area contributed by atoms with E-state index in [1.165, 1.54) is 26.8 Å². The monoisotopic (exact) mass is 286 g/mol. The minimum Gasteiger partial charge on any atom is -0.233 e. The van der Waals surface area contributed by atoms with Crippen molar-refractivity contribution in [3.05, 3.63) is 78.3 Å². The lowest BCUT2D eigenvalue weighted by Gasteiger charge is -2.07. The van der Waals surface area contributed by atoms with Gasteiger partial charge < -0.3 is 0 Å². The zero-order valence-corrected chi connectivity index (χ0v) is 12.1. The second-order valence-corrected chi connectivity index (χ2v) is 5.67. The van der Waals surface area contributed by atoms with Crippen molar-refractivity contribution in [1.82, 2.24) is 4.98 Å². The third-order valence-electron chi connectivity index (χ3n) is 3.60. The second kappa shape index (κ2) is 5.15. The zero-order chi connectivity index (χ0) is 14.1. The second-order valence-electron chi connectivity index (χ2n) is 4.88. The molecule has 0 fully saturated rings. The fourth-order valence-corrected chi connectivity index (χ4v) is 3.35. The molecule has 0 aliphatic heterocycles. The van der Waals surface area contributed by atoms with Crippen molar-refractivity contribution in [1.29, 1.82) is 0 Å². The molecule has 99 valence electrons. The van der Waals surface area contributed by atoms with Crippen LogP contribution in [-0.2, 0) is 0 Å². The number of hydrogen-bond acceptors (Lipinski definition) is 2. The minimum atomic E-state index is 1.02. The molecule has 0 unspecified atom stereocenters. The van der Waals surface area contributed by atoms with Crippen molar-refractivity contribution >= 4 is 22.1 Å². The summed E-state index contributed by atoms with van der Waals surface area (Å²) in [5.41, 5.74) is 6.43. The third kappa shape index (κ3) is 2.14. The van der Waals surface area contributed by atoms with E-state index >= 15 is 0 Å². The highest BCUT2D eigenvalue weighted by atomic mass is 32.1. The summed E-state index contributed by atoms with van der Waals surface area (Å²) in [4.78, 5) is 5.68. The van der Waals surface area contributed by atoms with Gasteiger partial charge in [0.1, 0.15) is 0 Å². The minimum absolute atomic E-state index is 1.02. The number of nitrogens with zero attached hydrogens (tertiary/aromatic N) is 1. The lowest BCUT2D eigenvalue weighted by molar-refractivity contribution is 1.41. The van der Waals surface area contributed by atoms with Gasteiger partial charge >= 0.3 is 0 Å². The molecule has 4 rings (SSSR count). The van der Waals surface area contributed by atoms with Gasteiger partial charge in [0.15, 0.2) is 5.51 Å². The van der Waals surface area contributed by atoms with Crippen LogP contribution in [0, 0.1) is 5.51 Å². The van der Waals surface area contributed by atoms with Gasteiger partial charge in [-0.05, 0) is 16.3 Å². The summed E-state index contributed by atoms with van der Waals surface area (Å²) in [5.74, 6) is 0. The summed E-state index contributed by atoms with van der Waals surface area (Å²) in [6.07, 6.45) is 0. The standard InChI is InChI=1S/C19H12NS/c1-2-8-15(9-3-1)19-18(20-13-21-19)17-12-6-10-14-7-4-5-11-16(14)17/h1-12H. The molecule has 21 heavy (non-hydrogen) atoms. The van der Waals surface area contributed by atoms with Gasteiger partial charge in [-0.1, -0.05) is 72.8 Å². The van der Waals surface area contributed by atoms with Crippen molar-refractivity contribution in [2.24, 2.45) is 0 Å². The summed E-state index contributed by atoms with van der Waals surface area (Å²) in [5, 5.41) is 2.47. The van der Waals surface area contributed by atoms with E-state index in [-0.39, 0.29) is 0 Å². The number of aromatic nitrogens is 1. The van der Waals surface area contributed by atoms with Crippen LogP contribution in [-0.4, -0.2) is 4.98 Å². The molecule has 0 bridgehead atoms. The van der Waals surface area contributed by atoms with Crippen LogP contribution in [0.25, 0.3) is 32.5 Å². The van der Waals surface area contributed by atoms with Crippen LogP contribution in [0.4, 0.5) is 0 Å². The SMILES string of the molecule is [c]1nc(-c2cccc3ccccc23)c(-c2ccccc2)s1. The number of hydrogen-bond donors (Lipinski definition) is 0. The van der Waals surface area contributed by atoms with E-state index < -0.39 is 0 Å². The van der Waals surface area contributed by atoms with Gasteiger partial charge in [-0.15, -0.1) is 11.3 Å². The van der Waals surface area contributed by atoms with Gasteiger partial charge in [0.05, 0.1) is 10.6 Å². The Labute approximate surface area is 127 Å². The maximum Gasteiger partial charge on any atom is 0.153 e. The predicted molar refractivity (Wildman–Crippen MR) is 89.3 cm³/mol. The molecule has 1 radical (unpaired) electrons. The lowest BCUT2D eigenvalue weighted by atomic mass is 10.00. The van der Waals surface area contributed by atoms with E-state index in [1.54, 1.807) is 11.3 Å². The topological polar surface area (TPSA) is 12.9 Å². The normalized spacial score (nSPS) is 10.9. The van der Waals surface area contributed by atoms with Crippen LogP contribution in [0.2, 0.25) is 0 Å². The van der Waals surface area contributed by atoms with Crippen LogP contribution < -0.4 is 0 Å². The lowest BCUT2D eigenvalue weighted by Crippen LogP contribution is -1.84. The summed E-state index contributed by atoms with van der Waals surface area (Å²) >= 11 is 1.57. The first-order valence-electron chi connectivity index (χ1n) is 6.84. The Morgan fingerprint density at radius 1 is 0.762 bits per heavy atom. The fourth-order valence-electron chi connectivity index (χ4n) is 2.61. The molecule has 0 N–H and O–H groups in total. The quantitative estimate of drug-likeness (QED) is 0.479.